The molecule has 3 aromatic rings. The van der Waals surface area contributed by atoms with Gasteiger partial charge < -0.3 is 24.5 Å². The first-order chi connectivity index (χ1) is 16.8. The van der Waals surface area contributed by atoms with Gasteiger partial charge in [0, 0.05) is 6.08 Å². The molecule has 11 nitrogen and oxygen atoms in total. The smallest absolute Gasteiger partial charge is 0.309 e. The third-order valence-electron chi connectivity index (χ3n) is 5.13. The lowest BCUT2D eigenvalue weighted by molar-refractivity contribution is -0.146. The summed E-state index contributed by atoms with van der Waals surface area (Å²) >= 11 is 0. The summed E-state index contributed by atoms with van der Waals surface area (Å²) in [6.07, 6.45) is 0.762. The van der Waals surface area contributed by atoms with E-state index in [0.29, 0.717) is 11.3 Å². The highest BCUT2D eigenvalue weighted by Gasteiger charge is 2.36. The number of hydrogen-bond acceptors (Lipinski definition) is 10. The van der Waals surface area contributed by atoms with E-state index in [1.807, 2.05) is 0 Å². The summed E-state index contributed by atoms with van der Waals surface area (Å²) in [5, 5.41) is 0. The number of carbonyl (C=O) groups is 1. The van der Waals surface area contributed by atoms with Gasteiger partial charge in [0.25, 0.3) is 7.37 Å². The van der Waals surface area contributed by atoms with Crippen LogP contribution < -0.4 is 10.3 Å². The van der Waals surface area contributed by atoms with E-state index in [4.69, 9.17) is 24.5 Å². The summed E-state index contributed by atoms with van der Waals surface area (Å²) in [7, 11) is -3.58. The predicted octanol–water partition coefficient (Wildman–Crippen LogP) is 3.65. The van der Waals surface area contributed by atoms with E-state index >= 15 is 0 Å². The summed E-state index contributed by atoms with van der Waals surface area (Å²) < 4.78 is 51.9. The molecule has 1 aliphatic rings. The number of aromatic nitrogens is 4. The Morgan fingerprint density at radius 1 is 1.29 bits per heavy atom. The fourth-order valence-electron chi connectivity index (χ4n) is 3.52. The molecule has 4 rings (SSSR count). The molecule has 0 amide bonds. The molecule has 0 aliphatic carbocycles. The predicted molar refractivity (Wildman–Crippen MR) is 124 cm³/mol. The number of fused-ring (bicyclic) bond motifs is 1. The SMILES string of the molecule is CCOC(=O)[C@H](C)CP(=O)(CO[C@@H]1C=C(F)[C@H](n2cnc3c(N)ncnc32)O1)Oc1ccccc1. The number of ether oxygens (including phenoxy) is 3. The van der Waals surface area contributed by atoms with Crippen LogP contribution in [0.2, 0.25) is 0 Å². The summed E-state index contributed by atoms with van der Waals surface area (Å²) in [6, 6.07) is 8.52. The molecular weight excluding hydrogens is 480 g/mol. The van der Waals surface area contributed by atoms with Crippen LogP contribution in [-0.4, -0.2) is 50.9 Å². The van der Waals surface area contributed by atoms with Gasteiger partial charge in [0.2, 0.25) is 0 Å². The topological polar surface area (TPSA) is 141 Å². The first kappa shape index (κ1) is 24.8. The third-order valence-corrected chi connectivity index (χ3v) is 7.32. The highest BCUT2D eigenvalue weighted by Crippen LogP contribution is 2.49. The van der Waals surface area contributed by atoms with Gasteiger partial charge >= 0.3 is 5.97 Å². The first-order valence-corrected chi connectivity index (χ1v) is 12.9. The molecule has 0 radical (unpaired) electrons. The van der Waals surface area contributed by atoms with Gasteiger partial charge in [0.15, 0.2) is 29.8 Å². The van der Waals surface area contributed by atoms with Crippen LogP contribution in [0.15, 0.2) is 54.9 Å². The average molecular weight is 505 g/mol. The molecule has 0 spiro atoms. The quantitative estimate of drug-likeness (QED) is 0.321. The van der Waals surface area contributed by atoms with Crippen molar-refractivity contribution in [2.45, 2.75) is 26.4 Å². The van der Waals surface area contributed by atoms with Crippen molar-refractivity contribution in [1.82, 2.24) is 19.5 Å². The second kappa shape index (κ2) is 10.5. The molecule has 13 heteroatoms. The van der Waals surface area contributed by atoms with Crippen molar-refractivity contribution >= 4 is 30.3 Å². The van der Waals surface area contributed by atoms with E-state index in [0.717, 1.165) is 6.08 Å². The molecule has 186 valence electrons. The van der Waals surface area contributed by atoms with E-state index in [1.54, 1.807) is 44.2 Å². The van der Waals surface area contributed by atoms with Crippen molar-refractivity contribution < 1.29 is 32.5 Å². The Morgan fingerprint density at radius 2 is 2.06 bits per heavy atom. The van der Waals surface area contributed by atoms with Crippen molar-refractivity contribution in [2.24, 2.45) is 5.92 Å². The monoisotopic (exact) mass is 505 g/mol. The van der Waals surface area contributed by atoms with Crippen molar-refractivity contribution in [3.63, 3.8) is 0 Å². The molecule has 3 heterocycles. The number of para-hydroxylation sites is 1. The van der Waals surface area contributed by atoms with Crippen molar-refractivity contribution in [2.75, 3.05) is 24.9 Å². The van der Waals surface area contributed by atoms with Gasteiger partial charge in [0.05, 0.1) is 25.0 Å². The lowest BCUT2D eigenvalue weighted by atomic mass is 10.2. The van der Waals surface area contributed by atoms with Gasteiger partial charge in [-0.2, -0.15) is 0 Å². The lowest BCUT2D eigenvalue weighted by Crippen LogP contribution is -2.22. The van der Waals surface area contributed by atoms with Crippen molar-refractivity contribution in [3.8, 4) is 5.75 Å². The highest BCUT2D eigenvalue weighted by molar-refractivity contribution is 7.59. The summed E-state index contributed by atoms with van der Waals surface area (Å²) in [5.41, 5.74) is 6.38. The average Bonchev–Trinajstić information content (AvgIpc) is 3.42. The minimum absolute atomic E-state index is 0.134. The minimum atomic E-state index is -3.58. The fraction of sp³-hybridized carbons (Fsp3) is 0.364. The zero-order valence-electron chi connectivity index (χ0n) is 19.1. The van der Waals surface area contributed by atoms with Crippen molar-refractivity contribution in [1.29, 1.82) is 0 Å². The molecule has 2 N–H and O–H groups in total. The Bertz CT molecular complexity index is 1270. The lowest BCUT2D eigenvalue weighted by Gasteiger charge is -2.23. The second-order valence-electron chi connectivity index (χ2n) is 7.84. The van der Waals surface area contributed by atoms with Gasteiger partial charge in [-0.3, -0.25) is 13.9 Å². The molecule has 1 aromatic carbocycles. The zero-order valence-corrected chi connectivity index (χ0v) is 20.0. The number of rotatable bonds is 10. The maximum Gasteiger partial charge on any atom is 0.309 e. The van der Waals surface area contributed by atoms with Crippen LogP contribution in [0.4, 0.5) is 10.2 Å². The number of imidazole rings is 1. The van der Waals surface area contributed by atoms with Crippen molar-refractivity contribution in [3.05, 3.63) is 54.9 Å². The first-order valence-electron chi connectivity index (χ1n) is 10.9. The second-order valence-corrected chi connectivity index (χ2v) is 10.3. The van der Waals surface area contributed by atoms with E-state index in [-0.39, 0.29) is 24.2 Å². The Labute approximate surface area is 200 Å². The molecule has 2 aromatic heterocycles. The Morgan fingerprint density at radius 3 is 2.80 bits per heavy atom. The number of esters is 1. The molecule has 1 unspecified atom stereocenters. The molecule has 0 saturated heterocycles. The number of nitrogen functional groups attached to an aromatic ring is 1. The summed E-state index contributed by atoms with van der Waals surface area (Å²) in [4.78, 5) is 24.2. The fourth-order valence-corrected chi connectivity index (χ4v) is 5.62. The van der Waals surface area contributed by atoms with Crippen LogP contribution >= 0.6 is 7.37 Å². The van der Waals surface area contributed by atoms with Gasteiger partial charge in [-0.15, -0.1) is 0 Å². The van der Waals surface area contributed by atoms with Gasteiger partial charge in [-0.05, 0) is 19.1 Å². The molecule has 0 bridgehead atoms. The Hall–Kier alpha value is -3.34. The maximum atomic E-state index is 14.8. The molecule has 4 atom stereocenters. The number of carbonyl (C=O) groups excluding carboxylic acids is 1. The normalized spacial score (nSPS) is 20.3. The van der Waals surface area contributed by atoms with Crippen LogP contribution in [0.3, 0.4) is 0 Å². The number of halogens is 1. The molecular formula is C22H25FN5O6P. The van der Waals surface area contributed by atoms with Crippen LogP contribution in [0.5, 0.6) is 5.75 Å². The van der Waals surface area contributed by atoms with Gasteiger partial charge in [-0.25, -0.2) is 19.3 Å². The molecule has 0 fully saturated rings. The molecule has 0 saturated carbocycles. The van der Waals surface area contributed by atoms with Crippen LogP contribution in [0.25, 0.3) is 11.2 Å². The molecule has 35 heavy (non-hydrogen) atoms. The van der Waals surface area contributed by atoms with Crippen LogP contribution in [0.1, 0.15) is 20.1 Å². The number of benzene rings is 1. The van der Waals surface area contributed by atoms with Crippen LogP contribution in [0, 0.1) is 5.92 Å². The third kappa shape index (κ3) is 5.67. The van der Waals surface area contributed by atoms with E-state index in [9.17, 15) is 13.8 Å². The van der Waals surface area contributed by atoms with Crippen LogP contribution in [-0.2, 0) is 23.6 Å². The number of anilines is 1. The Kier molecular flexibility index (Phi) is 7.44. The minimum Gasteiger partial charge on any atom is -0.466 e. The summed E-state index contributed by atoms with van der Waals surface area (Å²) in [6.45, 7) is 3.48. The maximum absolute atomic E-state index is 14.8. The van der Waals surface area contributed by atoms with E-state index in [2.05, 4.69) is 15.0 Å². The number of nitrogens with two attached hydrogens (primary N) is 1. The zero-order chi connectivity index (χ0) is 25.0. The summed E-state index contributed by atoms with van der Waals surface area (Å²) in [5.74, 6) is -1.35. The van der Waals surface area contributed by atoms with Gasteiger partial charge in [-0.1, -0.05) is 25.1 Å². The standard InChI is InChI=1S/C22H25FN5O6P/c1-3-31-22(29)14(2)10-35(30,34-15-7-5-4-6-8-15)13-32-17-9-16(23)21(33-17)28-12-27-18-19(24)25-11-26-20(18)28/h4-9,11-12,14,17,21H,3,10,13H2,1-2H3,(H2,24,25,26)/t14-,17+,21-,35?/m1/s1. The number of hydrogen-bond donors (Lipinski definition) is 1. The largest absolute Gasteiger partial charge is 0.466 e. The molecule has 1 aliphatic heterocycles. The van der Waals surface area contributed by atoms with E-state index < -0.39 is 43.9 Å². The van der Waals surface area contributed by atoms with E-state index in [1.165, 1.54) is 17.2 Å². The highest BCUT2D eigenvalue weighted by atomic mass is 31.2. The van der Waals surface area contributed by atoms with Gasteiger partial charge in [0.1, 0.15) is 23.9 Å². The number of nitrogens with zero attached hydrogens (tertiary/aromatic N) is 4. The Balaban J connectivity index is 1.47.